The molecule has 7 nitrogen and oxygen atoms in total. The van der Waals surface area contributed by atoms with E-state index < -0.39 is 11.8 Å². The summed E-state index contributed by atoms with van der Waals surface area (Å²) in [5.41, 5.74) is 0.460. The molecule has 0 aliphatic carbocycles. The molecule has 7 heteroatoms. The first-order valence-corrected chi connectivity index (χ1v) is 8.05. The molecule has 1 aliphatic rings. The molecule has 1 fully saturated rings. The van der Waals surface area contributed by atoms with Crippen molar-refractivity contribution in [2.75, 3.05) is 32.7 Å². The number of rotatable bonds is 5. The molecular weight excluding hydrogens is 312 g/mol. The number of carbonyl (C=O) groups is 2. The van der Waals surface area contributed by atoms with Gasteiger partial charge in [0.1, 0.15) is 0 Å². The molecule has 1 unspecified atom stereocenters. The summed E-state index contributed by atoms with van der Waals surface area (Å²) in [5.74, 6) is -0.241. The molecule has 1 aliphatic heterocycles. The molecule has 0 saturated carbocycles. The van der Waals surface area contributed by atoms with Crippen molar-refractivity contribution in [1.29, 1.82) is 0 Å². The molecule has 2 N–H and O–H groups in total. The van der Waals surface area contributed by atoms with Crippen LogP contribution in [0.25, 0.3) is 0 Å². The van der Waals surface area contributed by atoms with Crippen molar-refractivity contribution < 1.29 is 24.2 Å². The standard InChI is InChI=1S/C17H24N2O5/c1-23-14-7-6-12(11-15(14)24-2)18-16(21)17(22)19-9-4-3-5-13(19)8-10-20/h6-7,11,13,20H,3-5,8-10H2,1-2H3,(H,18,21). The number of benzene rings is 1. The number of hydrogen-bond donors (Lipinski definition) is 2. The summed E-state index contributed by atoms with van der Waals surface area (Å²) in [6, 6.07) is 4.83. The summed E-state index contributed by atoms with van der Waals surface area (Å²) in [6.07, 6.45) is 3.19. The summed E-state index contributed by atoms with van der Waals surface area (Å²) >= 11 is 0. The molecule has 1 aromatic rings. The minimum absolute atomic E-state index is 0.00570. The molecule has 2 rings (SSSR count). The fourth-order valence-electron chi connectivity index (χ4n) is 2.95. The number of nitrogens with one attached hydrogen (secondary N) is 1. The van der Waals surface area contributed by atoms with Gasteiger partial charge in [0.2, 0.25) is 0 Å². The maximum atomic E-state index is 12.4. The number of methoxy groups -OCH3 is 2. The zero-order valence-electron chi connectivity index (χ0n) is 14.1. The highest BCUT2D eigenvalue weighted by Crippen LogP contribution is 2.29. The Morgan fingerprint density at radius 1 is 1.25 bits per heavy atom. The van der Waals surface area contributed by atoms with Gasteiger partial charge in [0.15, 0.2) is 11.5 Å². The van der Waals surface area contributed by atoms with Gasteiger partial charge < -0.3 is 24.8 Å². The highest BCUT2D eigenvalue weighted by atomic mass is 16.5. The van der Waals surface area contributed by atoms with Gasteiger partial charge in [0.05, 0.1) is 14.2 Å². The van der Waals surface area contributed by atoms with Gasteiger partial charge in [-0.05, 0) is 37.8 Å². The zero-order valence-corrected chi connectivity index (χ0v) is 14.1. The number of hydrogen-bond acceptors (Lipinski definition) is 5. The molecule has 0 bridgehead atoms. The second-order valence-corrected chi connectivity index (χ2v) is 5.68. The van der Waals surface area contributed by atoms with Crippen LogP contribution in [0.5, 0.6) is 11.5 Å². The van der Waals surface area contributed by atoms with Crippen LogP contribution in [-0.2, 0) is 9.59 Å². The molecular formula is C17H24N2O5. The molecule has 132 valence electrons. The number of piperidine rings is 1. The van der Waals surface area contributed by atoms with Crippen LogP contribution in [0.15, 0.2) is 18.2 Å². The number of nitrogens with zero attached hydrogens (tertiary/aromatic N) is 1. The maximum Gasteiger partial charge on any atom is 0.313 e. The average Bonchev–Trinajstić information content (AvgIpc) is 2.61. The fraction of sp³-hybridized carbons (Fsp3) is 0.529. The summed E-state index contributed by atoms with van der Waals surface area (Å²) < 4.78 is 10.3. The molecule has 24 heavy (non-hydrogen) atoms. The van der Waals surface area contributed by atoms with Crippen LogP contribution in [0.4, 0.5) is 5.69 Å². The minimum atomic E-state index is -0.688. The number of carbonyl (C=O) groups excluding carboxylic acids is 2. The number of ether oxygens (including phenoxy) is 2. The molecule has 0 spiro atoms. The molecule has 1 saturated heterocycles. The Bertz CT molecular complexity index is 588. The van der Waals surface area contributed by atoms with E-state index >= 15 is 0 Å². The van der Waals surface area contributed by atoms with E-state index in [-0.39, 0.29) is 12.6 Å². The molecule has 1 aromatic carbocycles. The quantitative estimate of drug-likeness (QED) is 0.794. The Morgan fingerprint density at radius 3 is 2.67 bits per heavy atom. The van der Waals surface area contributed by atoms with Crippen molar-refractivity contribution in [3.63, 3.8) is 0 Å². The number of amides is 2. The Morgan fingerprint density at radius 2 is 2.00 bits per heavy atom. The Balaban J connectivity index is 2.06. The SMILES string of the molecule is COc1ccc(NC(=O)C(=O)N2CCCCC2CCO)cc1OC. The van der Waals surface area contributed by atoms with E-state index in [0.29, 0.717) is 30.2 Å². The lowest BCUT2D eigenvalue weighted by atomic mass is 9.99. The first-order valence-electron chi connectivity index (χ1n) is 8.05. The zero-order chi connectivity index (χ0) is 17.5. The smallest absolute Gasteiger partial charge is 0.313 e. The average molecular weight is 336 g/mol. The normalized spacial score (nSPS) is 17.3. The second-order valence-electron chi connectivity index (χ2n) is 5.68. The summed E-state index contributed by atoms with van der Waals surface area (Å²) in [6.45, 7) is 0.550. The lowest BCUT2D eigenvalue weighted by Gasteiger charge is -2.35. The Labute approximate surface area is 141 Å². The van der Waals surface area contributed by atoms with E-state index in [2.05, 4.69) is 5.32 Å². The van der Waals surface area contributed by atoms with Crippen molar-refractivity contribution in [2.24, 2.45) is 0 Å². The van der Waals surface area contributed by atoms with E-state index in [1.165, 1.54) is 14.2 Å². The minimum Gasteiger partial charge on any atom is -0.493 e. The third-order valence-electron chi connectivity index (χ3n) is 4.19. The number of anilines is 1. The number of likely N-dealkylation sites (tertiary alicyclic amines) is 1. The molecule has 1 heterocycles. The second kappa shape index (κ2) is 8.54. The Hall–Kier alpha value is -2.28. The van der Waals surface area contributed by atoms with Gasteiger partial charge in [-0.3, -0.25) is 9.59 Å². The highest BCUT2D eigenvalue weighted by Gasteiger charge is 2.30. The van der Waals surface area contributed by atoms with Crippen LogP contribution >= 0.6 is 0 Å². The maximum absolute atomic E-state index is 12.4. The predicted molar refractivity (Wildman–Crippen MR) is 89.2 cm³/mol. The van der Waals surface area contributed by atoms with Crippen molar-refractivity contribution in [2.45, 2.75) is 31.7 Å². The monoisotopic (exact) mass is 336 g/mol. The predicted octanol–water partition coefficient (Wildman–Crippen LogP) is 1.41. The van der Waals surface area contributed by atoms with E-state index in [4.69, 9.17) is 14.6 Å². The third-order valence-corrected chi connectivity index (χ3v) is 4.19. The van der Waals surface area contributed by atoms with Gasteiger partial charge in [-0.15, -0.1) is 0 Å². The third kappa shape index (κ3) is 4.17. The van der Waals surface area contributed by atoms with Crippen LogP contribution in [0.3, 0.4) is 0 Å². The van der Waals surface area contributed by atoms with Crippen LogP contribution < -0.4 is 14.8 Å². The number of aliphatic hydroxyl groups excluding tert-OH is 1. The van der Waals surface area contributed by atoms with Crippen LogP contribution in [0, 0.1) is 0 Å². The fourth-order valence-corrected chi connectivity index (χ4v) is 2.95. The summed E-state index contributed by atoms with van der Waals surface area (Å²) in [4.78, 5) is 26.3. The number of aliphatic hydroxyl groups is 1. The lowest BCUT2D eigenvalue weighted by Crippen LogP contribution is -2.48. The van der Waals surface area contributed by atoms with Crippen molar-refractivity contribution in [1.82, 2.24) is 4.90 Å². The molecule has 1 atom stereocenters. The highest BCUT2D eigenvalue weighted by molar-refractivity contribution is 6.39. The summed E-state index contributed by atoms with van der Waals surface area (Å²) in [7, 11) is 3.03. The largest absolute Gasteiger partial charge is 0.493 e. The van der Waals surface area contributed by atoms with Crippen LogP contribution in [0.1, 0.15) is 25.7 Å². The lowest BCUT2D eigenvalue weighted by molar-refractivity contribution is -0.146. The van der Waals surface area contributed by atoms with Crippen molar-refractivity contribution in [3.05, 3.63) is 18.2 Å². The van der Waals surface area contributed by atoms with Gasteiger partial charge >= 0.3 is 11.8 Å². The van der Waals surface area contributed by atoms with Crippen molar-refractivity contribution in [3.8, 4) is 11.5 Å². The molecule has 0 radical (unpaired) electrons. The van der Waals surface area contributed by atoms with E-state index in [1.54, 1.807) is 23.1 Å². The summed E-state index contributed by atoms with van der Waals surface area (Å²) in [5, 5.41) is 11.7. The van der Waals surface area contributed by atoms with E-state index in [9.17, 15) is 9.59 Å². The van der Waals surface area contributed by atoms with Gasteiger partial charge in [0, 0.05) is 30.9 Å². The van der Waals surface area contributed by atoms with E-state index in [0.717, 1.165) is 19.3 Å². The Kier molecular flexibility index (Phi) is 6.43. The van der Waals surface area contributed by atoms with Crippen LogP contribution in [0.2, 0.25) is 0 Å². The molecule has 0 aromatic heterocycles. The topological polar surface area (TPSA) is 88.1 Å². The molecule has 2 amide bonds. The first kappa shape index (κ1) is 18.1. The van der Waals surface area contributed by atoms with Gasteiger partial charge in [0.25, 0.3) is 0 Å². The van der Waals surface area contributed by atoms with Crippen LogP contribution in [-0.4, -0.2) is 55.2 Å². The van der Waals surface area contributed by atoms with E-state index in [1.807, 2.05) is 0 Å². The van der Waals surface area contributed by atoms with Gasteiger partial charge in [-0.2, -0.15) is 0 Å². The van der Waals surface area contributed by atoms with Gasteiger partial charge in [-0.1, -0.05) is 0 Å². The first-order chi connectivity index (χ1) is 11.6. The van der Waals surface area contributed by atoms with Crippen molar-refractivity contribution >= 4 is 17.5 Å². The van der Waals surface area contributed by atoms with Gasteiger partial charge in [-0.25, -0.2) is 0 Å².